The smallest absolute Gasteiger partial charge is 0.351 e. The van der Waals surface area contributed by atoms with Crippen molar-refractivity contribution in [1.82, 2.24) is 9.55 Å². The summed E-state index contributed by atoms with van der Waals surface area (Å²) in [5.41, 5.74) is 0.611. The maximum atomic E-state index is 12.6. The van der Waals surface area contributed by atoms with Crippen molar-refractivity contribution in [2.24, 2.45) is 7.05 Å². The quantitative estimate of drug-likeness (QED) is 0.637. The zero-order valence-corrected chi connectivity index (χ0v) is 15.9. The van der Waals surface area contributed by atoms with Gasteiger partial charge in [-0.3, -0.25) is 9.36 Å². The largest absolute Gasteiger partial charge is 0.393 e. The summed E-state index contributed by atoms with van der Waals surface area (Å²) in [7, 11) is 1.87. The van der Waals surface area contributed by atoms with Crippen LogP contribution in [0.1, 0.15) is 16.6 Å². The van der Waals surface area contributed by atoms with Crippen molar-refractivity contribution in [1.29, 1.82) is 0 Å². The number of aliphatic hydroxyl groups is 1. The highest BCUT2D eigenvalue weighted by molar-refractivity contribution is 8.00. The Bertz CT molecular complexity index is 1100. The van der Waals surface area contributed by atoms with Gasteiger partial charge in [-0.1, -0.05) is 12.1 Å². The van der Waals surface area contributed by atoms with E-state index >= 15 is 0 Å². The van der Waals surface area contributed by atoms with Crippen molar-refractivity contribution >= 4 is 34.4 Å². The van der Waals surface area contributed by atoms with Gasteiger partial charge in [-0.05, 0) is 18.2 Å². The maximum Gasteiger partial charge on any atom is 0.351 e. The minimum atomic E-state index is -0.522. The van der Waals surface area contributed by atoms with E-state index in [-0.39, 0.29) is 23.8 Å². The number of anilines is 1. The van der Waals surface area contributed by atoms with Gasteiger partial charge in [0.1, 0.15) is 30.1 Å². The number of hydrogen-bond donors (Lipinski definition) is 2. The summed E-state index contributed by atoms with van der Waals surface area (Å²) in [6.07, 6.45) is 2.79. The van der Waals surface area contributed by atoms with Crippen LogP contribution in [0.3, 0.4) is 0 Å². The van der Waals surface area contributed by atoms with Crippen LogP contribution < -0.4 is 15.6 Å². The first-order valence-electron chi connectivity index (χ1n) is 8.72. The van der Waals surface area contributed by atoms with E-state index in [1.807, 2.05) is 35.9 Å². The van der Waals surface area contributed by atoms with Gasteiger partial charge in [0.2, 0.25) is 5.52 Å². The molecule has 0 radical (unpaired) electrons. The Morgan fingerprint density at radius 2 is 2.25 bits per heavy atom. The summed E-state index contributed by atoms with van der Waals surface area (Å²) >= 11 is 1.44. The highest BCUT2D eigenvalue weighted by atomic mass is 32.2. The van der Waals surface area contributed by atoms with Gasteiger partial charge in [-0.15, -0.1) is 11.8 Å². The summed E-state index contributed by atoms with van der Waals surface area (Å²) in [4.78, 5) is 28.9. The predicted octanol–water partition coefficient (Wildman–Crippen LogP) is 1.05. The molecule has 1 aliphatic heterocycles. The summed E-state index contributed by atoms with van der Waals surface area (Å²) in [6, 6.07) is 11.1. The molecule has 1 saturated heterocycles. The third-order valence-corrected chi connectivity index (χ3v) is 5.60. The molecular formula is C19H19N4O4S+. The van der Waals surface area contributed by atoms with Crippen LogP contribution in [0.25, 0.3) is 10.9 Å². The van der Waals surface area contributed by atoms with Crippen LogP contribution in [0, 0.1) is 0 Å². The Labute approximate surface area is 164 Å². The van der Waals surface area contributed by atoms with E-state index in [9.17, 15) is 9.59 Å². The normalized spacial score (nSPS) is 19.1. The molecular weight excluding hydrogens is 380 g/mol. The molecule has 3 heterocycles. The summed E-state index contributed by atoms with van der Waals surface area (Å²) < 4.78 is 8.80. The molecule has 8 nitrogen and oxygen atoms in total. The van der Waals surface area contributed by atoms with Crippen LogP contribution in [-0.4, -0.2) is 38.4 Å². The first-order chi connectivity index (χ1) is 13.5. The van der Waals surface area contributed by atoms with Crippen LogP contribution >= 0.6 is 11.8 Å². The molecule has 1 aromatic carbocycles. The molecule has 2 unspecified atom stereocenters. The lowest BCUT2D eigenvalue weighted by Gasteiger charge is -2.14. The minimum absolute atomic E-state index is 0.110. The van der Waals surface area contributed by atoms with Gasteiger partial charge in [0.25, 0.3) is 5.91 Å². The monoisotopic (exact) mass is 399 g/mol. The van der Waals surface area contributed by atoms with Crippen molar-refractivity contribution < 1.29 is 19.2 Å². The molecule has 2 atom stereocenters. The number of rotatable bonds is 4. The van der Waals surface area contributed by atoms with Crippen molar-refractivity contribution in [3.8, 4) is 0 Å². The fraction of sp³-hybridized carbons (Fsp3) is 0.263. The zero-order valence-electron chi connectivity index (χ0n) is 15.1. The number of aromatic nitrogens is 3. The zero-order chi connectivity index (χ0) is 19.7. The van der Waals surface area contributed by atoms with Crippen molar-refractivity contribution in [2.45, 2.75) is 11.7 Å². The molecule has 2 N–H and O–H groups in total. The standard InChI is InChI=1S/C19H18N4O4S/c1-22-9-13(8-12-4-2-3-5-14(12)22)18(25)20-15-6-7-23(19(26)21-15)16-11-28-17(10-24)27-16/h2-9,16-17,24H,10-11H2,1H3/p+1. The molecule has 9 heteroatoms. The minimum Gasteiger partial charge on any atom is -0.393 e. The van der Waals surface area contributed by atoms with Gasteiger partial charge in [0.05, 0.1) is 6.61 Å². The number of pyridine rings is 1. The van der Waals surface area contributed by atoms with Gasteiger partial charge >= 0.3 is 5.69 Å². The van der Waals surface area contributed by atoms with Crippen molar-refractivity contribution in [3.05, 3.63) is 64.8 Å². The molecule has 0 aliphatic carbocycles. The van der Waals surface area contributed by atoms with Gasteiger partial charge in [0, 0.05) is 23.4 Å². The number of fused-ring (bicyclic) bond motifs is 1. The predicted molar refractivity (Wildman–Crippen MR) is 105 cm³/mol. The SMILES string of the molecule is C[n+]1cc(C(=O)Nc2ccn(C3CSC(CO)O3)c(=O)n2)cc2ccccc21. The lowest BCUT2D eigenvalue weighted by atomic mass is 10.1. The molecule has 28 heavy (non-hydrogen) atoms. The lowest BCUT2D eigenvalue weighted by Crippen LogP contribution is -2.31. The van der Waals surface area contributed by atoms with Gasteiger partial charge < -0.3 is 15.2 Å². The van der Waals surface area contributed by atoms with Crippen molar-refractivity contribution in [2.75, 3.05) is 17.7 Å². The second kappa shape index (κ2) is 7.70. The first kappa shape index (κ1) is 18.6. The Morgan fingerprint density at radius 3 is 3.00 bits per heavy atom. The number of para-hydroxylation sites is 1. The fourth-order valence-electron chi connectivity index (χ4n) is 3.11. The lowest BCUT2D eigenvalue weighted by molar-refractivity contribution is -0.645. The fourth-order valence-corrected chi connectivity index (χ4v) is 4.04. The third kappa shape index (κ3) is 3.64. The Kier molecular flexibility index (Phi) is 5.12. The summed E-state index contributed by atoms with van der Waals surface area (Å²) in [6.45, 7) is -0.110. The molecule has 1 aliphatic rings. The summed E-state index contributed by atoms with van der Waals surface area (Å²) in [5, 5.41) is 12.7. The van der Waals surface area contributed by atoms with E-state index < -0.39 is 11.9 Å². The third-order valence-electron chi connectivity index (χ3n) is 4.49. The highest BCUT2D eigenvalue weighted by Crippen LogP contribution is 2.30. The second-order valence-electron chi connectivity index (χ2n) is 6.39. The maximum absolute atomic E-state index is 12.6. The van der Waals surface area contributed by atoms with E-state index in [1.54, 1.807) is 18.3 Å². The molecule has 0 saturated carbocycles. The number of ether oxygens (including phenoxy) is 1. The van der Waals surface area contributed by atoms with Gasteiger partial charge in [-0.25, -0.2) is 9.36 Å². The molecule has 144 valence electrons. The average molecular weight is 399 g/mol. The van der Waals surface area contributed by atoms with Crippen molar-refractivity contribution in [3.63, 3.8) is 0 Å². The Balaban J connectivity index is 1.54. The number of nitrogens with one attached hydrogen (secondary N) is 1. The van der Waals surface area contributed by atoms with Crippen LogP contribution in [0.2, 0.25) is 0 Å². The number of amides is 1. The molecule has 2 aromatic heterocycles. The average Bonchev–Trinajstić information content (AvgIpc) is 3.17. The molecule has 3 aromatic rings. The Hall–Kier alpha value is -2.75. The molecule has 1 fully saturated rings. The Morgan fingerprint density at radius 1 is 1.43 bits per heavy atom. The van der Waals surface area contributed by atoms with E-state index in [1.165, 1.54) is 22.5 Å². The first-order valence-corrected chi connectivity index (χ1v) is 9.77. The van der Waals surface area contributed by atoms with E-state index in [0.717, 1.165) is 10.9 Å². The van der Waals surface area contributed by atoms with E-state index in [2.05, 4.69) is 10.3 Å². The van der Waals surface area contributed by atoms with Crippen LogP contribution in [0.15, 0.2) is 53.6 Å². The number of nitrogens with zero attached hydrogens (tertiary/aromatic N) is 3. The summed E-state index contributed by atoms with van der Waals surface area (Å²) in [5.74, 6) is 0.372. The number of aryl methyl sites for hydroxylation is 1. The van der Waals surface area contributed by atoms with Gasteiger partial charge in [-0.2, -0.15) is 4.98 Å². The van der Waals surface area contributed by atoms with Crippen LogP contribution in [-0.2, 0) is 11.8 Å². The number of aliphatic hydroxyl groups excluding tert-OH is 1. The number of thioether (sulfide) groups is 1. The number of benzene rings is 1. The number of carbonyl (C=O) groups is 1. The van der Waals surface area contributed by atoms with Crippen LogP contribution in [0.5, 0.6) is 0 Å². The molecule has 0 bridgehead atoms. The highest BCUT2D eigenvalue weighted by Gasteiger charge is 2.27. The number of carbonyl (C=O) groups excluding carboxylic acids is 1. The van der Waals surface area contributed by atoms with Gasteiger partial charge in [0.15, 0.2) is 6.20 Å². The molecule has 0 spiro atoms. The van der Waals surface area contributed by atoms with E-state index in [4.69, 9.17) is 9.84 Å². The molecule has 1 amide bonds. The topological polar surface area (TPSA) is 97.3 Å². The second-order valence-corrected chi connectivity index (χ2v) is 7.58. The van der Waals surface area contributed by atoms with Crippen LogP contribution in [0.4, 0.5) is 5.82 Å². The number of hydrogen-bond acceptors (Lipinski definition) is 6. The van der Waals surface area contributed by atoms with E-state index in [0.29, 0.717) is 11.3 Å². The molecule has 4 rings (SSSR count).